The average Bonchev–Trinajstić information content (AvgIpc) is 2.86. The van der Waals surface area contributed by atoms with Crippen LogP contribution in [0.5, 0.6) is 0 Å². The van der Waals surface area contributed by atoms with Crippen molar-refractivity contribution in [1.29, 1.82) is 0 Å². The molecule has 0 atom stereocenters. The van der Waals surface area contributed by atoms with Crippen molar-refractivity contribution >= 4 is 23.3 Å². The van der Waals surface area contributed by atoms with Crippen LogP contribution in [0.3, 0.4) is 0 Å². The van der Waals surface area contributed by atoms with Gasteiger partial charge in [0, 0.05) is 5.38 Å². The van der Waals surface area contributed by atoms with Crippen molar-refractivity contribution in [2.45, 2.75) is 0 Å². The van der Waals surface area contributed by atoms with Crippen LogP contribution in [-0.4, -0.2) is 26.0 Å². The van der Waals surface area contributed by atoms with Crippen molar-refractivity contribution in [2.75, 3.05) is 0 Å². The molecule has 0 bridgehead atoms. The lowest BCUT2D eigenvalue weighted by Gasteiger charge is -1.90. The van der Waals surface area contributed by atoms with Crippen LogP contribution in [0.15, 0.2) is 17.8 Å². The Labute approximate surface area is 87.1 Å². The molecular weight excluding hydrogens is 220 g/mol. The molecule has 2 rings (SSSR count). The Bertz CT molecular complexity index is 518. The number of carbonyl (C=O) groups is 1. The summed E-state index contributed by atoms with van der Waals surface area (Å²) in [4.78, 5) is 24.1. The first-order valence-electron chi connectivity index (χ1n) is 3.81. The quantitative estimate of drug-likeness (QED) is 0.441. The Morgan fingerprint density at radius 2 is 2.40 bits per heavy atom. The summed E-state index contributed by atoms with van der Waals surface area (Å²) in [6.07, 6.45) is 2.98. The van der Waals surface area contributed by atoms with Gasteiger partial charge in [-0.3, -0.25) is 14.9 Å². The molecule has 0 aliphatic rings. The Kier molecular flexibility index (Phi) is 2.26. The molecule has 2 heterocycles. The average molecular weight is 224 g/mol. The van der Waals surface area contributed by atoms with E-state index in [-0.39, 0.29) is 5.69 Å². The number of nitrogens with zero attached hydrogens (tertiary/aromatic N) is 4. The third-order valence-corrected chi connectivity index (χ3v) is 2.38. The lowest BCUT2D eigenvalue weighted by molar-refractivity contribution is -0.384. The summed E-state index contributed by atoms with van der Waals surface area (Å²) in [5, 5.41) is 16.0. The molecule has 0 aromatic carbocycles. The molecule has 0 fully saturated rings. The Hall–Kier alpha value is -2.09. The van der Waals surface area contributed by atoms with E-state index >= 15 is 0 Å². The third-order valence-electron chi connectivity index (χ3n) is 1.63. The SMILES string of the molecule is O=Cc1nc(-n2cc([N+](=O)[O-])cn2)cs1. The van der Waals surface area contributed by atoms with Gasteiger partial charge in [-0.25, -0.2) is 9.67 Å². The standard InChI is InChI=1S/C7H4N4O3S/c12-3-7-9-6(4-15-7)10-2-5(1-8-10)11(13)14/h1-4H. The monoisotopic (exact) mass is 224 g/mol. The maximum absolute atomic E-state index is 10.4. The fraction of sp³-hybridized carbons (Fsp3) is 0. The van der Waals surface area contributed by atoms with Crippen LogP contribution in [0, 0.1) is 10.1 Å². The Balaban J connectivity index is 2.36. The number of hydrogen-bond acceptors (Lipinski definition) is 6. The van der Waals surface area contributed by atoms with Crippen LogP contribution in [0.1, 0.15) is 9.80 Å². The van der Waals surface area contributed by atoms with E-state index in [4.69, 9.17) is 0 Å². The fourth-order valence-electron chi connectivity index (χ4n) is 0.971. The van der Waals surface area contributed by atoms with Gasteiger partial charge in [-0.15, -0.1) is 11.3 Å². The van der Waals surface area contributed by atoms with Gasteiger partial charge in [0.1, 0.15) is 12.4 Å². The smallest absolute Gasteiger partial charge is 0.295 e. The third kappa shape index (κ3) is 1.74. The van der Waals surface area contributed by atoms with E-state index < -0.39 is 4.92 Å². The maximum Gasteiger partial charge on any atom is 0.307 e. The zero-order chi connectivity index (χ0) is 10.8. The second-order valence-electron chi connectivity index (χ2n) is 2.56. The second kappa shape index (κ2) is 3.58. The van der Waals surface area contributed by atoms with E-state index in [1.54, 1.807) is 5.38 Å². The summed E-state index contributed by atoms with van der Waals surface area (Å²) < 4.78 is 1.25. The van der Waals surface area contributed by atoms with Crippen LogP contribution in [0.4, 0.5) is 5.69 Å². The van der Waals surface area contributed by atoms with Crippen molar-refractivity contribution in [3.05, 3.63) is 32.9 Å². The molecule has 0 N–H and O–H groups in total. The molecule has 0 saturated heterocycles. The molecule has 2 aromatic heterocycles. The van der Waals surface area contributed by atoms with Gasteiger partial charge in [-0.1, -0.05) is 0 Å². The van der Waals surface area contributed by atoms with Gasteiger partial charge in [0.25, 0.3) is 0 Å². The van der Waals surface area contributed by atoms with Crippen molar-refractivity contribution in [3.8, 4) is 5.82 Å². The Morgan fingerprint density at radius 1 is 1.60 bits per heavy atom. The molecule has 8 heteroatoms. The molecule has 7 nitrogen and oxygen atoms in total. The first kappa shape index (κ1) is 9.46. The molecule has 0 aliphatic heterocycles. The molecule has 0 saturated carbocycles. The summed E-state index contributed by atoms with van der Waals surface area (Å²) in [6, 6.07) is 0. The number of aldehydes is 1. The van der Waals surface area contributed by atoms with E-state index in [1.165, 1.54) is 10.9 Å². The van der Waals surface area contributed by atoms with E-state index in [2.05, 4.69) is 10.1 Å². The second-order valence-corrected chi connectivity index (χ2v) is 3.45. The first-order valence-corrected chi connectivity index (χ1v) is 4.69. The predicted octanol–water partition coefficient (Wildman–Crippen LogP) is 1.05. The first-order chi connectivity index (χ1) is 7.20. The number of nitro groups is 1. The Morgan fingerprint density at radius 3 is 2.93 bits per heavy atom. The van der Waals surface area contributed by atoms with Crippen LogP contribution in [0.2, 0.25) is 0 Å². The largest absolute Gasteiger partial charge is 0.307 e. The highest BCUT2D eigenvalue weighted by Gasteiger charge is 2.11. The van der Waals surface area contributed by atoms with Crippen molar-refractivity contribution in [2.24, 2.45) is 0 Å². The molecule has 0 amide bonds. The van der Waals surface area contributed by atoms with Gasteiger partial charge in [0.15, 0.2) is 17.1 Å². The number of thiazole rings is 1. The summed E-state index contributed by atoms with van der Waals surface area (Å²) in [5.74, 6) is 0.398. The van der Waals surface area contributed by atoms with Crippen LogP contribution in [0.25, 0.3) is 5.82 Å². The lowest BCUT2D eigenvalue weighted by Crippen LogP contribution is -1.94. The zero-order valence-corrected chi connectivity index (χ0v) is 8.05. The number of rotatable bonds is 3. The van der Waals surface area contributed by atoms with Crippen molar-refractivity contribution < 1.29 is 9.72 Å². The van der Waals surface area contributed by atoms with Gasteiger partial charge in [-0.05, 0) is 0 Å². The van der Waals surface area contributed by atoms with Crippen LogP contribution in [-0.2, 0) is 0 Å². The summed E-state index contributed by atoms with van der Waals surface area (Å²) in [6.45, 7) is 0. The minimum Gasteiger partial charge on any atom is -0.295 e. The summed E-state index contributed by atoms with van der Waals surface area (Å²) in [5.41, 5.74) is -0.115. The maximum atomic E-state index is 10.4. The molecule has 2 aromatic rings. The molecule has 76 valence electrons. The predicted molar refractivity (Wildman–Crippen MR) is 51.3 cm³/mol. The number of hydrogen-bond donors (Lipinski definition) is 0. The molecular formula is C7H4N4O3S. The molecule has 15 heavy (non-hydrogen) atoms. The van der Waals surface area contributed by atoms with Gasteiger partial charge >= 0.3 is 5.69 Å². The molecule has 0 unspecified atom stereocenters. The van der Waals surface area contributed by atoms with E-state index in [0.29, 0.717) is 17.1 Å². The fourth-order valence-corrected chi connectivity index (χ4v) is 1.56. The minimum atomic E-state index is -0.545. The highest BCUT2D eigenvalue weighted by Crippen LogP contribution is 2.15. The van der Waals surface area contributed by atoms with Gasteiger partial charge in [0.2, 0.25) is 0 Å². The van der Waals surface area contributed by atoms with Crippen molar-refractivity contribution in [3.63, 3.8) is 0 Å². The van der Waals surface area contributed by atoms with Gasteiger partial charge in [-0.2, -0.15) is 5.10 Å². The highest BCUT2D eigenvalue weighted by atomic mass is 32.1. The topological polar surface area (TPSA) is 90.9 Å². The van der Waals surface area contributed by atoms with E-state index in [9.17, 15) is 14.9 Å². The number of aromatic nitrogens is 3. The minimum absolute atomic E-state index is 0.115. The summed E-state index contributed by atoms with van der Waals surface area (Å²) in [7, 11) is 0. The zero-order valence-electron chi connectivity index (χ0n) is 7.23. The molecule has 0 radical (unpaired) electrons. The summed E-state index contributed by atoms with van der Waals surface area (Å²) >= 11 is 1.15. The van der Waals surface area contributed by atoms with Gasteiger partial charge < -0.3 is 0 Å². The van der Waals surface area contributed by atoms with Crippen LogP contribution < -0.4 is 0 Å². The van der Waals surface area contributed by atoms with Gasteiger partial charge in [0.05, 0.1) is 4.92 Å². The lowest BCUT2D eigenvalue weighted by atomic mass is 10.6. The normalized spacial score (nSPS) is 10.1. The van der Waals surface area contributed by atoms with E-state index in [1.807, 2.05) is 0 Å². The molecule has 0 aliphatic carbocycles. The molecule has 0 spiro atoms. The highest BCUT2D eigenvalue weighted by molar-refractivity contribution is 7.11. The van der Waals surface area contributed by atoms with Crippen LogP contribution >= 0.6 is 11.3 Å². The number of carbonyl (C=O) groups excluding carboxylic acids is 1. The van der Waals surface area contributed by atoms with E-state index in [0.717, 1.165) is 17.5 Å². The van der Waals surface area contributed by atoms with Crippen molar-refractivity contribution in [1.82, 2.24) is 14.8 Å².